The molecule has 0 fully saturated rings. The van der Waals surface area contributed by atoms with Gasteiger partial charge in [-0.25, -0.2) is 0 Å². The molecule has 2 aromatic rings. The Hall–Kier alpha value is -1.67. The molecule has 2 aromatic carbocycles. The van der Waals surface area contributed by atoms with Gasteiger partial charge in [0.25, 0.3) is 0 Å². The number of halogens is 1. The van der Waals surface area contributed by atoms with Crippen molar-refractivity contribution >= 4 is 17.3 Å². The van der Waals surface area contributed by atoms with Gasteiger partial charge in [-0.2, -0.15) is 0 Å². The van der Waals surface area contributed by atoms with Gasteiger partial charge in [0.05, 0.1) is 0 Å². The van der Waals surface area contributed by atoms with Crippen molar-refractivity contribution in [2.24, 2.45) is 0 Å². The fourth-order valence-electron chi connectivity index (χ4n) is 1.92. The molecule has 0 aromatic heterocycles. The van der Waals surface area contributed by atoms with Crippen LogP contribution in [0.5, 0.6) is 5.75 Å². The van der Waals surface area contributed by atoms with Crippen LogP contribution >= 0.6 is 11.6 Å². The largest absolute Gasteiger partial charge is 0.489 e. The summed E-state index contributed by atoms with van der Waals surface area (Å²) in [5, 5.41) is 0.672. The summed E-state index contributed by atoms with van der Waals surface area (Å²) in [4.78, 5) is 0. The minimum Gasteiger partial charge on any atom is -0.489 e. The number of hydrogen-bond donors (Lipinski definition) is 1. The van der Waals surface area contributed by atoms with E-state index in [0.29, 0.717) is 17.3 Å². The van der Waals surface area contributed by atoms with Gasteiger partial charge in [-0.15, -0.1) is 0 Å². The van der Waals surface area contributed by atoms with E-state index in [1.54, 1.807) is 12.1 Å². The van der Waals surface area contributed by atoms with E-state index in [-0.39, 0.29) is 5.41 Å². The summed E-state index contributed by atoms with van der Waals surface area (Å²) < 4.78 is 5.82. The van der Waals surface area contributed by atoms with Crippen LogP contribution in [-0.2, 0) is 12.0 Å². The second kappa shape index (κ2) is 5.76. The fourth-order valence-corrected chi connectivity index (χ4v) is 2.09. The van der Waals surface area contributed by atoms with Crippen LogP contribution in [0.25, 0.3) is 0 Å². The molecule has 0 saturated heterocycles. The first kappa shape index (κ1) is 14.7. The highest BCUT2D eigenvalue weighted by Crippen LogP contribution is 2.27. The summed E-state index contributed by atoms with van der Waals surface area (Å²) in [5.74, 6) is 0.843. The zero-order valence-electron chi connectivity index (χ0n) is 12.1. The van der Waals surface area contributed by atoms with E-state index >= 15 is 0 Å². The number of nitrogen functional groups attached to an aromatic ring is 1. The van der Waals surface area contributed by atoms with Crippen molar-refractivity contribution in [1.29, 1.82) is 0 Å². The summed E-state index contributed by atoms with van der Waals surface area (Å²) in [7, 11) is 0. The highest BCUT2D eigenvalue weighted by molar-refractivity contribution is 6.31. The van der Waals surface area contributed by atoms with E-state index in [9.17, 15) is 0 Å². The van der Waals surface area contributed by atoms with Crippen molar-refractivity contribution < 1.29 is 4.74 Å². The van der Waals surface area contributed by atoms with Crippen molar-refractivity contribution in [3.63, 3.8) is 0 Å². The molecule has 0 aliphatic carbocycles. The first-order valence-corrected chi connectivity index (χ1v) is 7.01. The molecule has 0 heterocycles. The molecule has 0 radical (unpaired) electrons. The lowest BCUT2D eigenvalue weighted by Crippen LogP contribution is -2.11. The topological polar surface area (TPSA) is 35.2 Å². The minimum atomic E-state index is 0.105. The summed E-state index contributed by atoms with van der Waals surface area (Å²) in [6.45, 7) is 6.96. The van der Waals surface area contributed by atoms with Gasteiger partial charge in [-0.05, 0) is 41.3 Å². The fraction of sp³-hybridized carbons (Fsp3) is 0.294. The Morgan fingerprint density at radius 3 is 2.55 bits per heavy atom. The molecule has 0 atom stereocenters. The first-order chi connectivity index (χ1) is 9.36. The molecular formula is C17H20ClNO. The SMILES string of the molecule is CC(C)(C)c1cccc(OCc2cc(N)ccc2Cl)c1. The van der Waals surface area contributed by atoms with Crippen LogP contribution in [0.1, 0.15) is 31.9 Å². The first-order valence-electron chi connectivity index (χ1n) is 6.63. The van der Waals surface area contributed by atoms with Crippen LogP contribution in [-0.4, -0.2) is 0 Å². The van der Waals surface area contributed by atoms with Gasteiger partial charge in [-0.1, -0.05) is 44.5 Å². The molecule has 0 unspecified atom stereocenters. The molecule has 0 amide bonds. The van der Waals surface area contributed by atoms with Crippen molar-refractivity contribution in [1.82, 2.24) is 0 Å². The molecule has 20 heavy (non-hydrogen) atoms. The molecule has 0 aliphatic rings. The number of ether oxygens (including phenoxy) is 1. The van der Waals surface area contributed by atoms with Crippen LogP contribution in [0.15, 0.2) is 42.5 Å². The number of rotatable bonds is 3. The summed E-state index contributed by atoms with van der Waals surface area (Å²) in [5.41, 5.74) is 8.70. The molecule has 106 valence electrons. The smallest absolute Gasteiger partial charge is 0.120 e. The van der Waals surface area contributed by atoms with E-state index in [1.807, 2.05) is 18.2 Å². The Labute approximate surface area is 125 Å². The second-order valence-electron chi connectivity index (χ2n) is 5.92. The second-order valence-corrected chi connectivity index (χ2v) is 6.32. The Bertz CT molecular complexity index is 602. The van der Waals surface area contributed by atoms with Gasteiger partial charge in [0.2, 0.25) is 0 Å². The van der Waals surface area contributed by atoms with E-state index < -0.39 is 0 Å². The maximum atomic E-state index is 6.13. The maximum Gasteiger partial charge on any atom is 0.120 e. The quantitative estimate of drug-likeness (QED) is 0.824. The van der Waals surface area contributed by atoms with Gasteiger partial charge in [-0.3, -0.25) is 0 Å². The molecule has 0 bridgehead atoms. The lowest BCUT2D eigenvalue weighted by Gasteiger charge is -2.19. The van der Waals surface area contributed by atoms with Crippen LogP contribution in [0, 0.1) is 0 Å². The number of benzene rings is 2. The zero-order chi connectivity index (χ0) is 14.8. The van der Waals surface area contributed by atoms with Crippen LogP contribution in [0.2, 0.25) is 5.02 Å². The third-order valence-electron chi connectivity index (χ3n) is 3.16. The van der Waals surface area contributed by atoms with Crippen LogP contribution in [0.3, 0.4) is 0 Å². The summed E-state index contributed by atoms with van der Waals surface area (Å²) in [6.07, 6.45) is 0. The summed E-state index contributed by atoms with van der Waals surface area (Å²) in [6, 6.07) is 13.6. The highest BCUT2D eigenvalue weighted by Gasteiger charge is 2.14. The molecule has 2 N–H and O–H groups in total. The van der Waals surface area contributed by atoms with Gasteiger partial charge in [0.15, 0.2) is 0 Å². The van der Waals surface area contributed by atoms with E-state index in [1.165, 1.54) is 5.56 Å². The van der Waals surface area contributed by atoms with E-state index in [2.05, 4.69) is 32.9 Å². The van der Waals surface area contributed by atoms with Crippen molar-refractivity contribution in [2.75, 3.05) is 5.73 Å². The van der Waals surface area contributed by atoms with Crippen LogP contribution in [0.4, 0.5) is 5.69 Å². The third kappa shape index (κ3) is 3.67. The molecule has 0 spiro atoms. The standard InChI is InChI=1S/C17H20ClNO/c1-17(2,3)13-5-4-6-15(10-13)20-11-12-9-14(19)7-8-16(12)18/h4-10H,11,19H2,1-3H3. The zero-order valence-corrected chi connectivity index (χ0v) is 12.9. The Balaban J connectivity index is 2.13. The number of nitrogens with two attached hydrogens (primary N) is 1. The predicted molar refractivity (Wildman–Crippen MR) is 85.3 cm³/mol. The third-order valence-corrected chi connectivity index (χ3v) is 3.53. The molecule has 0 aliphatic heterocycles. The lowest BCUT2D eigenvalue weighted by atomic mass is 9.87. The van der Waals surface area contributed by atoms with E-state index in [4.69, 9.17) is 22.1 Å². The molecule has 0 saturated carbocycles. The monoisotopic (exact) mass is 289 g/mol. The molecular weight excluding hydrogens is 270 g/mol. The van der Waals surface area contributed by atoms with E-state index in [0.717, 1.165) is 11.3 Å². The Morgan fingerprint density at radius 2 is 1.85 bits per heavy atom. The van der Waals surface area contributed by atoms with Crippen molar-refractivity contribution in [3.8, 4) is 5.75 Å². The molecule has 3 heteroatoms. The van der Waals surface area contributed by atoms with Crippen molar-refractivity contribution in [2.45, 2.75) is 32.8 Å². The predicted octanol–water partition coefficient (Wildman–Crippen LogP) is 4.80. The minimum absolute atomic E-state index is 0.105. The van der Waals surface area contributed by atoms with Crippen molar-refractivity contribution in [3.05, 3.63) is 58.6 Å². The Kier molecular flexibility index (Phi) is 4.24. The number of hydrogen-bond acceptors (Lipinski definition) is 2. The average molecular weight is 290 g/mol. The average Bonchev–Trinajstić information content (AvgIpc) is 2.39. The molecule has 2 nitrogen and oxygen atoms in total. The van der Waals surface area contributed by atoms with Crippen LogP contribution < -0.4 is 10.5 Å². The Morgan fingerprint density at radius 1 is 1.10 bits per heavy atom. The van der Waals surface area contributed by atoms with Gasteiger partial charge in [0, 0.05) is 16.3 Å². The number of anilines is 1. The maximum absolute atomic E-state index is 6.13. The van der Waals surface area contributed by atoms with Gasteiger partial charge >= 0.3 is 0 Å². The van der Waals surface area contributed by atoms with Gasteiger partial charge in [0.1, 0.15) is 12.4 Å². The highest BCUT2D eigenvalue weighted by atomic mass is 35.5. The van der Waals surface area contributed by atoms with Gasteiger partial charge < -0.3 is 10.5 Å². The lowest BCUT2D eigenvalue weighted by molar-refractivity contribution is 0.305. The molecule has 2 rings (SSSR count). The summed E-state index contributed by atoms with van der Waals surface area (Å²) >= 11 is 6.13. The normalized spacial score (nSPS) is 11.4.